The van der Waals surface area contributed by atoms with Crippen molar-refractivity contribution in [3.63, 3.8) is 0 Å². The van der Waals surface area contributed by atoms with Gasteiger partial charge in [-0.3, -0.25) is 9.89 Å². The van der Waals surface area contributed by atoms with Crippen LogP contribution in [0.2, 0.25) is 0 Å². The third-order valence-electron chi connectivity index (χ3n) is 3.96. The number of H-pyrrole nitrogens is 1. The average molecular weight is 317 g/mol. The number of amides is 1. The SMILES string of the molecule is O=C1Cc2c(cccc2-c2cc(C(F)(F)F)cc3[nH]ncc23)N1. The quantitative estimate of drug-likeness (QED) is 0.718. The van der Waals surface area contributed by atoms with Gasteiger partial charge in [0.25, 0.3) is 0 Å². The topological polar surface area (TPSA) is 57.8 Å². The molecule has 116 valence electrons. The zero-order valence-electron chi connectivity index (χ0n) is 11.7. The molecule has 0 unspecified atom stereocenters. The van der Waals surface area contributed by atoms with E-state index in [-0.39, 0.29) is 12.3 Å². The summed E-state index contributed by atoms with van der Waals surface area (Å²) in [6, 6.07) is 7.32. The predicted octanol–water partition coefficient (Wildman–Crippen LogP) is 3.74. The molecule has 0 bridgehead atoms. The Bertz CT molecular complexity index is 943. The molecular weight excluding hydrogens is 307 g/mol. The number of fused-ring (bicyclic) bond motifs is 2. The third kappa shape index (κ3) is 2.16. The number of alkyl halides is 3. The summed E-state index contributed by atoms with van der Waals surface area (Å²) in [4.78, 5) is 11.6. The highest BCUT2D eigenvalue weighted by Crippen LogP contribution is 2.40. The number of nitrogens with one attached hydrogen (secondary N) is 2. The van der Waals surface area contributed by atoms with Crippen LogP contribution in [0, 0.1) is 0 Å². The molecule has 7 heteroatoms. The molecule has 0 saturated heterocycles. The Morgan fingerprint density at radius 2 is 1.96 bits per heavy atom. The fourth-order valence-electron chi connectivity index (χ4n) is 2.94. The van der Waals surface area contributed by atoms with Crippen LogP contribution in [0.4, 0.5) is 18.9 Å². The number of aromatic nitrogens is 2. The summed E-state index contributed by atoms with van der Waals surface area (Å²) < 4.78 is 39.5. The standard InChI is InChI=1S/C16H10F3N3O/c17-16(18,19)8-4-10(12-7-20-22-14(12)5-8)9-2-1-3-13-11(9)6-15(23)21-13/h1-5,7H,6H2,(H,20,22)(H,21,23). The lowest BCUT2D eigenvalue weighted by Crippen LogP contribution is -2.05. The molecule has 0 aliphatic carbocycles. The lowest BCUT2D eigenvalue weighted by Gasteiger charge is -2.13. The molecule has 4 rings (SSSR count). The van der Waals surface area contributed by atoms with E-state index >= 15 is 0 Å². The number of carbonyl (C=O) groups excluding carboxylic acids is 1. The fraction of sp³-hybridized carbons (Fsp3) is 0.125. The van der Waals surface area contributed by atoms with Gasteiger partial charge in [-0.2, -0.15) is 18.3 Å². The maximum absolute atomic E-state index is 13.2. The summed E-state index contributed by atoms with van der Waals surface area (Å²) in [5.41, 5.74) is 1.93. The van der Waals surface area contributed by atoms with Crippen molar-refractivity contribution in [2.75, 3.05) is 5.32 Å². The molecule has 2 N–H and O–H groups in total. The molecule has 0 radical (unpaired) electrons. The van der Waals surface area contributed by atoms with E-state index in [0.29, 0.717) is 33.3 Å². The Morgan fingerprint density at radius 1 is 1.13 bits per heavy atom. The average Bonchev–Trinajstić information content (AvgIpc) is 3.09. The number of halogens is 3. The van der Waals surface area contributed by atoms with Crippen LogP contribution in [0.1, 0.15) is 11.1 Å². The lowest BCUT2D eigenvalue weighted by molar-refractivity contribution is -0.137. The number of rotatable bonds is 1. The summed E-state index contributed by atoms with van der Waals surface area (Å²) in [6.07, 6.45) is -2.81. The second kappa shape index (κ2) is 4.58. The van der Waals surface area contributed by atoms with Gasteiger partial charge in [-0.1, -0.05) is 12.1 Å². The van der Waals surface area contributed by atoms with Crippen molar-refractivity contribution in [2.45, 2.75) is 12.6 Å². The minimum atomic E-state index is -4.46. The van der Waals surface area contributed by atoms with E-state index in [1.165, 1.54) is 6.20 Å². The van der Waals surface area contributed by atoms with Crippen LogP contribution in [0.3, 0.4) is 0 Å². The Hall–Kier alpha value is -2.83. The summed E-state index contributed by atoms with van der Waals surface area (Å²) in [7, 11) is 0. The fourth-order valence-corrected chi connectivity index (χ4v) is 2.94. The Labute approximate surface area is 128 Å². The minimum Gasteiger partial charge on any atom is -0.326 e. The van der Waals surface area contributed by atoms with E-state index in [1.54, 1.807) is 18.2 Å². The Kier molecular flexibility index (Phi) is 2.75. The number of nitrogens with zero attached hydrogens (tertiary/aromatic N) is 1. The van der Waals surface area contributed by atoms with E-state index in [0.717, 1.165) is 12.1 Å². The molecular formula is C16H10F3N3O. The lowest BCUT2D eigenvalue weighted by atomic mass is 9.94. The van der Waals surface area contributed by atoms with Crippen LogP contribution in [-0.4, -0.2) is 16.1 Å². The van der Waals surface area contributed by atoms with Gasteiger partial charge in [0.15, 0.2) is 0 Å². The van der Waals surface area contributed by atoms with Crippen LogP contribution in [0.5, 0.6) is 0 Å². The van der Waals surface area contributed by atoms with Gasteiger partial charge in [0.1, 0.15) is 0 Å². The van der Waals surface area contributed by atoms with Crippen molar-refractivity contribution in [1.29, 1.82) is 0 Å². The molecule has 23 heavy (non-hydrogen) atoms. The first-order valence-electron chi connectivity index (χ1n) is 6.90. The summed E-state index contributed by atoms with van der Waals surface area (Å²) in [5.74, 6) is -0.164. The van der Waals surface area contributed by atoms with Gasteiger partial charge in [0.05, 0.1) is 23.7 Å². The molecule has 2 heterocycles. The van der Waals surface area contributed by atoms with Crippen LogP contribution >= 0.6 is 0 Å². The number of benzene rings is 2. The second-order valence-electron chi connectivity index (χ2n) is 5.41. The van der Waals surface area contributed by atoms with E-state index in [9.17, 15) is 18.0 Å². The molecule has 3 aromatic rings. The van der Waals surface area contributed by atoms with Gasteiger partial charge in [-0.25, -0.2) is 0 Å². The molecule has 1 aromatic heterocycles. The molecule has 1 aliphatic heterocycles. The number of hydrogen-bond acceptors (Lipinski definition) is 2. The van der Waals surface area contributed by atoms with Crippen molar-refractivity contribution in [1.82, 2.24) is 10.2 Å². The van der Waals surface area contributed by atoms with Gasteiger partial charge >= 0.3 is 6.18 Å². The third-order valence-corrected chi connectivity index (χ3v) is 3.96. The molecule has 1 aliphatic rings. The minimum absolute atomic E-state index is 0.154. The monoisotopic (exact) mass is 317 g/mol. The van der Waals surface area contributed by atoms with Crippen molar-refractivity contribution in [3.05, 3.63) is 47.7 Å². The number of carbonyl (C=O) groups is 1. The van der Waals surface area contributed by atoms with Crippen molar-refractivity contribution in [3.8, 4) is 11.1 Å². The van der Waals surface area contributed by atoms with Crippen LogP contribution in [-0.2, 0) is 17.4 Å². The van der Waals surface area contributed by atoms with Crippen LogP contribution in [0.25, 0.3) is 22.0 Å². The summed E-state index contributed by atoms with van der Waals surface area (Å²) in [5, 5.41) is 9.73. The van der Waals surface area contributed by atoms with Crippen LogP contribution in [0.15, 0.2) is 36.5 Å². The zero-order valence-corrected chi connectivity index (χ0v) is 11.7. The normalized spacial score (nSPS) is 14.1. The first kappa shape index (κ1) is 13.8. The summed E-state index contributed by atoms with van der Waals surface area (Å²) >= 11 is 0. The maximum atomic E-state index is 13.2. The van der Waals surface area contributed by atoms with Crippen molar-refractivity contribution >= 4 is 22.5 Å². The van der Waals surface area contributed by atoms with Crippen molar-refractivity contribution in [2.24, 2.45) is 0 Å². The molecule has 0 saturated carbocycles. The highest BCUT2D eigenvalue weighted by atomic mass is 19.4. The molecule has 4 nitrogen and oxygen atoms in total. The largest absolute Gasteiger partial charge is 0.416 e. The first-order chi connectivity index (χ1) is 10.9. The van der Waals surface area contributed by atoms with E-state index in [2.05, 4.69) is 15.5 Å². The Morgan fingerprint density at radius 3 is 2.74 bits per heavy atom. The van der Waals surface area contributed by atoms with E-state index < -0.39 is 11.7 Å². The number of aromatic amines is 1. The maximum Gasteiger partial charge on any atom is 0.416 e. The van der Waals surface area contributed by atoms with Gasteiger partial charge < -0.3 is 5.32 Å². The van der Waals surface area contributed by atoms with Crippen LogP contribution < -0.4 is 5.32 Å². The smallest absolute Gasteiger partial charge is 0.326 e. The number of hydrogen-bond donors (Lipinski definition) is 2. The van der Waals surface area contributed by atoms with Gasteiger partial charge in [0.2, 0.25) is 5.91 Å². The molecule has 0 spiro atoms. The zero-order chi connectivity index (χ0) is 16.2. The summed E-state index contributed by atoms with van der Waals surface area (Å²) in [6.45, 7) is 0. The van der Waals surface area contributed by atoms with E-state index in [4.69, 9.17) is 0 Å². The molecule has 0 atom stereocenters. The molecule has 1 amide bonds. The molecule has 2 aromatic carbocycles. The Balaban J connectivity index is 2.02. The van der Waals surface area contributed by atoms with Gasteiger partial charge in [-0.05, 0) is 34.9 Å². The second-order valence-corrected chi connectivity index (χ2v) is 5.41. The van der Waals surface area contributed by atoms with Crippen molar-refractivity contribution < 1.29 is 18.0 Å². The number of anilines is 1. The highest BCUT2D eigenvalue weighted by molar-refractivity contribution is 6.04. The van der Waals surface area contributed by atoms with E-state index in [1.807, 2.05) is 0 Å². The highest BCUT2D eigenvalue weighted by Gasteiger charge is 2.32. The molecule has 0 fully saturated rings. The van der Waals surface area contributed by atoms with Gasteiger partial charge in [0, 0.05) is 11.1 Å². The van der Waals surface area contributed by atoms with Gasteiger partial charge in [-0.15, -0.1) is 0 Å². The predicted molar refractivity (Wildman–Crippen MR) is 78.9 cm³/mol. The first-order valence-corrected chi connectivity index (χ1v) is 6.90.